The van der Waals surface area contributed by atoms with Gasteiger partial charge >= 0.3 is 6.09 Å². The van der Waals surface area contributed by atoms with Gasteiger partial charge in [-0.15, -0.1) is 0 Å². The molecule has 1 fully saturated rings. The topological polar surface area (TPSA) is 78.4 Å². The number of primary amides is 1. The molecule has 1 saturated carbocycles. The summed E-state index contributed by atoms with van der Waals surface area (Å²) in [6, 6.07) is 0. The summed E-state index contributed by atoms with van der Waals surface area (Å²) in [5.41, 5.74) is 4.61. The predicted octanol–water partition coefficient (Wildman–Crippen LogP) is 3.38. The zero-order chi connectivity index (χ0) is 14.9. The van der Waals surface area contributed by atoms with Gasteiger partial charge in [0.15, 0.2) is 5.89 Å². The molecular formula is C15H24N2O3. The number of nitrogens with zero attached hydrogens (tertiary/aromatic N) is 1. The summed E-state index contributed by atoms with van der Waals surface area (Å²) in [4.78, 5) is 15.3. The summed E-state index contributed by atoms with van der Waals surface area (Å²) < 4.78 is 10.9. The van der Waals surface area contributed by atoms with Crippen molar-refractivity contribution in [2.24, 2.45) is 17.6 Å². The number of ether oxygens (including phenoxy) is 1. The minimum atomic E-state index is -0.709. The van der Waals surface area contributed by atoms with Crippen LogP contribution in [0.3, 0.4) is 0 Å². The van der Waals surface area contributed by atoms with Gasteiger partial charge in [-0.1, -0.05) is 6.92 Å². The van der Waals surface area contributed by atoms with Gasteiger partial charge in [0, 0.05) is 5.92 Å². The lowest BCUT2D eigenvalue weighted by Gasteiger charge is -2.34. The lowest BCUT2D eigenvalue weighted by Crippen LogP contribution is -2.40. The lowest BCUT2D eigenvalue weighted by atomic mass is 9.80. The van der Waals surface area contributed by atoms with E-state index in [0.717, 1.165) is 30.9 Å². The number of oxazole rings is 1. The standard InChI is InChI=1S/C15H24N2O3/c1-9-8-17-13(19-9)12-6-5-11(7-12)10(2)15(3,4)20-14(16)18/h8,10-12H,5-7H2,1-4H3,(H2,16,18)/t10?,11-,12+/m1/s1. The van der Waals surface area contributed by atoms with E-state index in [1.54, 1.807) is 6.20 Å². The van der Waals surface area contributed by atoms with Gasteiger partial charge in [-0.05, 0) is 51.9 Å². The molecular weight excluding hydrogens is 256 g/mol. The molecule has 0 saturated heterocycles. The molecule has 2 N–H and O–H groups in total. The highest BCUT2D eigenvalue weighted by atomic mass is 16.6. The number of rotatable bonds is 4. The van der Waals surface area contributed by atoms with E-state index in [0.29, 0.717) is 11.8 Å². The molecule has 1 aliphatic rings. The van der Waals surface area contributed by atoms with E-state index in [9.17, 15) is 4.79 Å². The van der Waals surface area contributed by atoms with Crippen molar-refractivity contribution in [3.8, 4) is 0 Å². The van der Waals surface area contributed by atoms with Gasteiger partial charge < -0.3 is 14.9 Å². The van der Waals surface area contributed by atoms with Crippen LogP contribution in [0.5, 0.6) is 0 Å². The van der Waals surface area contributed by atoms with Crippen molar-refractivity contribution >= 4 is 6.09 Å². The summed E-state index contributed by atoms with van der Waals surface area (Å²) in [5.74, 6) is 2.80. The number of carbonyl (C=O) groups excluding carboxylic acids is 1. The summed E-state index contributed by atoms with van der Waals surface area (Å²) in [6.45, 7) is 7.88. The summed E-state index contributed by atoms with van der Waals surface area (Å²) in [5, 5.41) is 0. The first-order chi connectivity index (χ1) is 9.29. The molecule has 5 nitrogen and oxygen atoms in total. The summed E-state index contributed by atoms with van der Waals surface area (Å²) in [6.07, 6.45) is 4.25. The largest absolute Gasteiger partial charge is 0.446 e. The van der Waals surface area contributed by atoms with E-state index >= 15 is 0 Å². The van der Waals surface area contributed by atoms with E-state index in [1.807, 2.05) is 20.8 Å². The van der Waals surface area contributed by atoms with Gasteiger partial charge in [0.05, 0.1) is 6.20 Å². The van der Waals surface area contributed by atoms with Gasteiger partial charge in [0.2, 0.25) is 0 Å². The Morgan fingerprint density at radius 1 is 1.55 bits per heavy atom. The van der Waals surface area contributed by atoms with E-state index in [-0.39, 0.29) is 5.92 Å². The molecule has 0 radical (unpaired) electrons. The molecule has 0 bridgehead atoms. The van der Waals surface area contributed by atoms with Crippen molar-refractivity contribution in [2.45, 2.75) is 58.5 Å². The Morgan fingerprint density at radius 2 is 2.25 bits per heavy atom. The first-order valence-electron chi connectivity index (χ1n) is 7.20. The highest BCUT2D eigenvalue weighted by molar-refractivity contribution is 5.65. The maximum absolute atomic E-state index is 11.0. The average molecular weight is 280 g/mol. The highest BCUT2D eigenvalue weighted by Crippen LogP contribution is 2.44. The van der Waals surface area contributed by atoms with Crippen LogP contribution in [0.25, 0.3) is 0 Å². The number of hydrogen-bond acceptors (Lipinski definition) is 4. The minimum Gasteiger partial charge on any atom is -0.446 e. The molecule has 1 aromatic heterocycles. The lowest BCUT2D eigenvalue weighted by molar-refractivity contribution is -0.0154. The Balaban J connectivity index is 2.00. The molecule has 5 heteroatoms. The van der Waals surface area contributed by atoms with Crippen LogP contribution in [0.4, 0.5) is 4.79 Å². The highest BCUT2D eigenvalue weighted by Gasteiger charge is 2.40. The number of aromatic nitrogens is 1. The van der Waals surface area contributed by atoms with E-state index in [2.05, 4.69) is 11.9 Å². The van der Waals surface area contributed by atoms with Crippen LogP contribution < -0.4 is 5.73 Å². The molecule has 112 valence electrons. The van der Waals surface area contributed by atoms with Crippen molar-refractivity contribution < 1.29 is 13.9 Å². The zero-order valence-electron chi connectivity index (χ0n) is 12.7. The molecule has 2 rings (SSSR count). The number of hydrogen-bond donors (Lipinski definition) is 1. The Kier molecular flexibility index (Phi) is 4.06. The first kappa shape index (κ1) is 14.9. The van der Waals surface area contributed by atoms with Crippen LogP contribution >= 0.6 is 0 Å². The Morgan fingerprint density at radius 3 is 2.80 bits per heavy atom. The number of amides is 1. The number of aryl methyl sites for hydroxylation is 1. The molecule has 3 atom stereocenters. The fraction of sp³-hybridized carbons (Fsp3) is 0.733. The van der Waals surface area contributed by atoms with E-state index < -0.39 is 11.7 Å². The molecule has 0 aromatic carbocycles. The maximum Gasteiger partial charge on any atom is 0.405 e. The van der Waals surface area contributed by atoms with Crippen LogP contribution in [0.15, 0.2) is 10.6 Å². The van der Waals surface area contributed by atoms with E-state index in [1.165, 1.54) is 0 Å². The third-order valence-electron chi connectivity index (χ3n) is 4.63. The minimum absolute atomic E-state index is 0.246. The summed E-state index contributed by atoms with van der Waals surface area (Å²) in [7, 11) is 0. The van der Waals surface area contributed by atoms with Crippen LogP contribution in [-0.2, 0) is 4.74 Å². The van der Waals surface area contributed by atoms with Crippen LogP contribution in [0, 0.1) is 18.8 Å². The van der Waals surface area contributed by atoms with Crippen LogP contribution in [0.2, 0.25) is 0 Å². The Bertz CT molecular complexity index is 481. The molecule has 1 aromatic rings. The second kappa shape index (κ2) is 5.46. The Hall–Kier alpha value is -1.52. The van der Waals surface area contributed by atoms with Gasteiger partial charge in [-0.3, -0.25) is 0 Å². The molecule has 0 spiro atoms. The fourth-order valence-electron chi connectivity index (χ4n) is 3.18. The smallest absolute Gasteiger partial charge is 0.405 e. The molecule has 0 aliphatic heterocycles. The zero-order valence-corrected chi connectivity index (χ0v) is 12.7. The van der Waals surface area contributed by atoms with Crippen molar-refractivity contribution in [1.29, 1.82) is 0 Å². The molecule has 1 unspecified atom stereocenters. The predicted molar refractivity (Wildman–Crippen MR) is 75.2 cm³/mol. The molecule has 1 heterocycles. The van der Waals surface area contributed by atoms with E-state index in [4.69, 9.17) is 14.9 Å². The molecule has 1 amide bonds. The number of nitrogens with two attached hydrogens (primary N) is 1. The number of carbonyl (C=O) groups is 1. The van der Waals surface area contributed by atoms with Gasteiger partial charge in [0.25, 0.3) is 0 Å². The second-order valence-corrected chi connectivity index (χ2v) is 6.39. The second-order valence-electron chi connectivity index (χ2n) is 6.39. The van der Waals surface area contributed by atoms with Crippen molar-refractivity contribution in [3.05, 3.63) is 17.8 Å². The SMILES string of the molecule is Cc1cnc([C@H]2CC[C@@H](C(C)C(C)(C)OC(N)=O)C2)o1. The van der Waals surface area contributed by atoms with Crippen LogP contribution in [0.1, 0.15) is 57.6 Å². The Labute approximate surface area is 119 Å². The van der Waals surface area contributed by atoms with Gasteiger partial charge in [-0.2, -0.15) is 0 Å². The third kappa shape index (κ3) is 3.14. The fourth-order valence-corrected chi connectivity index (χ4v) is 3.18. The first-order valence-corrected chi connectivity index (χ1v) is 7.20. The quantitative estimate of drug-likeness (QED) is 0.917. The van der Waals surface area contributed by atoms with Crippen molar-refractivity contribution in [3.63, 3.8) is 0 Å². The monoisotopic (exact) mass is 280 g/mol. The van der Waals surface area contributed by atoms with Gasteiger partial charge in [0.1, 0.15) is 11.4 Å². The summed E-state index contributed by atoms with van der Waals surface area (Å²) >= 11 is 0. The van der Waals surface area contributed by atoms with Crippen LogP contribution in [-0.4, -0.2) is 16.7 Å². The molecule has 20 heavy (non-hydrogen) atoms. The normalized spacial score (nSPS) is 24.6. The van der Waals surface area contributed by atoms with Crippen molar-refractivity contribution in [1.82, 2.24) is 4.98 Å². The third-order valence-corrected chi connectivity index (χ3v) is 4.63. The maximum atomic E-state index is 11.0. The molecule has 1 aliphatic carbocycles. The van der Waals surface area contributed by atoms with Gasteiger partial charge in [-0.25, -0.2) is 9.78 Å². The van der Waals surface area contributed by atoms with Crippen molar-refractivity contribution in [2.75, 3.05) is 0 Å². The average Bonchev–Trinajstić information content (AvgIpc) is 2.94.